The van der Waals surface area contributed by atoms with Crippen molar-refractivity contribution >= 4 is 28.4 Å². The molecule has 0 bridgehead atoms. The number of methoxy groups -OCH3 is 1. The number of nitrogens with one attached hydrogen (secondary N) is 1. The van der Waals surface area contributed by atoms with E-state index in [9.17, 15) is 14.7 Å². The molecule has 2 N–H and O–H groups in total. The number of aromatic amines is 1. The van der Waals surface area contributed by atoms with E-state index in [1.807, 2.05) is 60.8 Å². The van der Waals surface area contributed by atoms with Gasteiger partial charge in [0.05, 0.1) is 18.7 Å². The lowest BCUT2D eigenvalue weighted by Gasteiger charge is -2.25. The Bertz CT molecular complexity index is 1390. The van der Waals surface area contributed by atoms with Gasteiger partial charge in [-0.15, -0.1) is 0 Å². The number of Topliss-reactive ketones (excluding diaryl/α,β-unsaturated/α-hetero) is 1. The maximum atomic E-state index is 13.2. The number of likely N-dealkylation sites (tertiary alicyclic amines) is 1. The molecular weight excluding hydrogens is 428 g/mol. The smallest absolute Gasteiger partial charge is 0.295 e. The number of para-hydroxylation sites is 1. The topological polar surface area (TPSA) is 82.6 Å². The van der Waals surface area contributed by atoms with E-state index in [0.717, 1.165) is 22.0 Å². The van der Waals surface area contributed by atoms with Gasteiger partial charge in [0.25, 0.3) is 11.7 Å². The largest absolute Gasteiger partial charge is 0.507 e. The number of H-pyrrole nitrogens is 1. The van der Waals surface area contributed by atoms with Crippen LogP contribution in [0.25, 0.3) is 16.7 Å². The summed E-state index contributed by atoms with van der Waals surface area (Å²) in [6, 6.07) is 23.4. The van der Waals surface area contributed by atoms with Gasteiger partial charge >= 0.3 is 0 Å². The Balaban J connectivity index is 1.54. The molecule has 5 rings (SSSR count). The molecule has 6 nitrogen and oxygen atoms in total. The number of carbonyl (C=O) groups excluding carboxylic acids is 2. The summed E-state index contributed by atoms with van der Waals surface area (Å²) < 4.78 is 5.19. The van der Waals surface area contributed by atoms with Gasteiger partial charge in [0.15, 0.2) is 0 Å². The van der Waals surface area contributed by atoms with E-state index in [4.69, 9.17) is 4.74 Å². The zero-order valence-electron chi connectivity index (χ0n) is 18.7. The van der Waals surface area contributed by atoms with E-state index in [1.54, 1.807) is 36.3 Å². The van der Waals surface area contributed by atoms with Gasteiger partial charge in [0.1, 0.15) is 11.5 Å². The molecule has 1 aromatic heterocycles. The van der Waals surface area contributed by atoms with Crippen LogP contribution in [0.1, 0.15) is 22.7 Å². The second-order valence-corrected chi connectivity index (χ2v) is 8.24. The number of aromatic nitrogens is 1. The fraction of sp³-hybridized carbons (Fsp3) is 0.143. The molecular formula is C28H24N2O4. The number of ether oxygens (including phenoxy) is 1. The molecule has 1 atom stereocenters. The highest BCUT2D eigenvalue weighted by Crippen LogP contribution is 2.39. The summed E-state index contributed by atoms with van der Waals surface area (Å²) in [7, 11) is 1.56. The van der Waals surface area contributed by atoms with Crippen molar-refractivity contribution < 1.29 is 19.4 Å². The molecule has 3 aromatic carbocycles. The third kappa shape index (κ3) is 3.73. The highest BCUT2D eigenvalue weighted by atomic mass is 16.5. The molecule has 1 amide bonds. The summed E-state index contributed by atoms with van der Waals surface area (Å²) >= 11 is 0. The van der Waals surface area contributed by atoms with Crippen molar-refractivity contribution in [2.45, 2.75) is 12.5 Å². The van der Waals surface area contributed by atoms with Crippen LogP contribution in [0, 0.1) is 0 Å². The van der Waals surface area contributed by atoms with Gasteiger partial charge in [-0.25, -0.2) is 0 Å². The number of hydrogen-bond acceptors (Lipinski definition) is 4. The Morgan fingerprint density at radius 2 is 1.68 bits per heavy atom. The van der Waals surface area contributed by atoms with E-state index in [0.29, 0.717) is 24.3 Å². The molecule has 2 heterocycles. The fourth-order valence-electron chi connectivity index (χ4n) is 4.58. The summed E-state index contributed by atoms with van der Waals surface area (Å²) in [5.41, 5.74) is 3.42. The van der Waals surface area contributed by atoms with E-state index < -0.39 is 17.7 Å². The molecule has 4 aromatic rings. The van der Waals surface area contributed by atoms with Gasteiger partial charge in [0, 0.05) is 29.2 Å². The minimum atomic E-state index is -0.680. The van der Waals surface area contributed by atoms with E-state index in [2.05, 4.69) is 4.98 Å². The molecule has 1 aliphatic heterocycles. The molecule has 1 saturated heterocycles. The lowest BCUT2D eigenvalue weighted by Crippen LogP contribution is -2.31. The van der Waals surface area contributed by atoms with Crippen molar-refractivity contribution in [1.82, 2.24) is 9.88 Å². The number of fused-ring (bicyclic) bond motifs is 1. The number of aliphatic hydroxyl groups excluding tert-OH is 1. The normalized spacial score (nSPS) is 17.4. The predicted molar refractivity (Wildman–Crippen MR) is 130 cm³/mol. The lowest BCUT2D eigenvalue weighted by molar-refractivity contribution is -0.139. The number of aliphatic hydroxyl groups is 1. The maximum absolute atomic E-state index is 13.2. The summed E-state index contributed by atoms with van der Waals surface area (Å²) in [5.74, 6) is -0.843. The van der Waals surface area contributed by atoms with Crippen molar-refractivity contribution in [3.63, 3.8) is 0 Å². The average Bonchev–Trinajstić information content (AvgIpc) is 3.41. The lowest BCUT2D eigenvalue weighted by atomic mass is 9.95. The molecule has 1 unspecified atom stereocenters. The molecule has 1 aliphatic rings. The Kier molecular flexibility index (Phi) is 5.64. The van der Waals surface area contributed by atoms with Crippen LogP contribution in [0.4, 0.5) is 0 Å². The standard InChI is InChI=1S/C28H24N2O4/c1-34-21-13-11-19(12-14-21)26(31)24-25(18-7-3-2-4-8-18)30(28(33)27(24)32)16-15-20-17-29-23-10-6-5-9-22(20)23/h2-14,17,25,29,31H,15-16H2,1H3/b26-24-. The van der Waals surface area contributed by atoms with Gasteiger partial charge in [-0.1, -0.05) is 48.5 Å². The molecule has 0 aliphatic carbocycles. The Morgan fingerprint density at radius 1 is 0.971 bits per heavy atom. The van der Waals surface area contributed by atoms with Crippen molar-refractivity contribution in [1.29, 1.82) is 0 Å². The SMILES string of the molecule is COc1ccc(/C(O)=C2/C(=O)C(=O)N(CCc3c[nH]c4ccccc34)C2c2ccccc2)cc1. The quantitative estimate of drug-likeness (QED) is 0.249. The van der Waals surface area contributed by atoms with E-state index in [-0.39, 0.29) is 11.3 Å². The van der Waals surface area contributed by atoms with E-state index >= 15 is 0 Å². The summed E-state index contributed by atoms with van der Waals surface area (Å²) in [6.45, 7) is 0.339. The first-order chi connectivity index (χ1) is 16.6. The Morgan fingerprint density at radius 3 is 2.41 bits per heavy atom. The Hall–Kier alpha value is -4.32. The van der Waals surface area contributed by atoms with Gasteiger partial charge in [-0.05, 0) is 47.9 Å². The zero-order valence-corrected chi connectivity index (χ0v) is 18.7. The van der Waals surface area contributed by atoms with Crippen LogP contribution < -0.4 is 4.74 Å². The first kappa shape index (κ1) is 21.5. The van der Waals surface area contributed by atoms with Crippen molar-refractivity contribution in [3.05, 3.63) is 107 Å². The number of nitrogens with zero attached hydrogens (tertiary/aromatic N) is 1. The number of ketones is 1. The number of hydrogen-bond donors (Lipinski definition) is 2. The van der Waals surface area contributed by atoms with E-state index in [1.165, 1.54) is 0 Å². The summed E-state index contributed by atoms with van der Waals surface area (Å²) in [5, 5.41) is 12.2. The van der Waals surface area contributed by atoms with Crippen LogP contribution >= 0.6 is 0 Å². The number of amides is 1. The molecule has 0 spiro atoms. The van der Waals surface area contributed by atoms with Crippen LogP contribution in [0.15, 0.2) is 90.6 Å². The second-order valence-electron chi connectivity index (χ2n) is 8.24. The average molecular weight is 453 g/mol. The maximum Gasteiger partial charge on any atom is 0.295 e. The van der Waals surface area contributed by atoms with Gasteiger partial charge < -0.3 is 19.7 Å². The number of carbonyl (C=O) groups is 2. The van der Waals surface area contributed by atoms with Crippen molar-refractivity contribution in [2.24, 2.45) is 0 Å². The summed E-state index contributed by atoms with van der Waals surface area (Å²) in [6.07, 6.45) is 2.51. The monoisotopic (exact) mass is 452 g/mol. The zero-order chi connectivity index (χ0) is 23.7. The molecule has 0 saturated carbocycles. The summed E-state index contributed by atoms with van der Waals surface area (Å²) in [4.78, 5) is 31.2. The number of benzene rings is 3. The first-order valence-electron chi connectivity index (χ1n) is 11.1. The molecule has 0 radical (unpaired) electrons. The van der Waals surface area contributed by atoms with Crippen molar-refractivity contribution in [2.75, 3.05) is 13.7 Å². The van der Waals surface area contributed by atoms with Gasteiger partial charge in [-0.3, -0.25) is 9.59 Å². The molecule has 1 fully saturated rings. The Labute approximate surface area is 197 Å². The van der Waals surface area contributed by atoms with Crippen LogP contribution in [-0.2, 0) is 16.0 Å². The first-order valence-corrected chi connectivity index (χ1v) is 11.1. The van der Waals surface area contributed by atoms with Crippen LogP contribution in [0.3, 0.4) is 0 Å². The third-order valence-electron chi connectivity index (χ3n) is 6.32. The van der Waals surface area contributed by atoms with Crippen molar-refractivity contribution in [3.8, 4) is 5.75 Å². The highest BCUT2D eigenvalue weighted by molar-refractivity contribution is 6.46. The van der Waals surface area contributed by atoms with Crippen LogP contribution in [0.2, 0.25) is 0 Å². The second kappa shape index (κ2) is 8.90. The molecule has 34 heavy (non-hydrogen) atoms. The van der Waals surface area contributed by atoms with Gasteiger partial charge in [0.2, 0.25) is 0 Å². The minimum absolute atomic E-state index is 0.0975. The fourth-order valence-corrected chi connectivity index (χ4v) is 4.58. The van der Waals surface area contributed by atoms with Crippen LogP contribution in [-0.4, -0.2) is 40.3 Å². The van der Waals surface area contributed by atoms with Crippen LogP contribution in [0.5, 0.6) is 5.75 Å². The molecule has 6 heteroatoms. The minimum Gasteiger partial charge on any atom is -0.507 e. The van der Waals surface area contributed by atoms with Gasteiger partial charge in [-0.2, -0.15) is 0 Å². The number of rotatable bonds is 6. The molecule has 170 valence electrons. The highest BCUT2D eigenvalue weighted by Gasteiger charge is 2.45. The third-order valence-corrected chi connectivity index (χ3v) is 6.32. The predicted octanol–water partition coefficient (Wildman–Crippen LogP) is 4.84.